The van der Waals surface area contributed by atoms with Crippen molar-refractivity contribution in [1.82, 2.24) is 0 Å². The zero-order valence-electron chi connectivity index (χ0n) is 8.25. The first-order chi connectivity index (χ1) is 7.16. The van der Waals surface area contributed by atoms with E-state index >= 15 is 0 Å². The second kappa shape index (κ2) is 4.60. The van der Waals surface area contributed by atoms with Crippen molar-refractivity contribution in [1.29, 1.82) is 0 Å². The average molecular weight is 246 g/mol. The van der Waals surface area contributed by atoms with Gasteiger partial charge in [0.2, 0.25) is 0 Å². The first-order valence-electron chi connectivity index (χ1n) is 5.04. The Morgan fingerprint density at radius 2 is 2.07 bits per heavy atom. The molecule has 1 aromatic rings. The van der Waals surface area contributed by atoms with Crippen molar-refractivity contribution in [2.75, 3.05) is 0 Å². The Labute approximate surface area is 99.3 Å². The summed E-state index contributed by atoms with van der Waals surface area (Å²) in [5.41, 5.74) is 5.91. The van der Waals surface area contributed by atoms with E-state index in [-0.39, 0.29) is 12.1 Å². The molecule has 2 unspecified atom stereocenters. The van der Waals surface area contributed by atoms with E-state index in [4.69, 9.17) is 33.7 Å². The van der Waals surface area contributed by atoms with Crippen molar-refractivity contribution in [3.8, 4) is 5.75 Å². The monoisotopic (exact) mass is 245 g/mol. The molecule has 1 aliphatic rings. The van der Waals surface area contributed by atoms with Gasteiger partial charge in [0.25, 0.3) is 0 Å². The number of rotatable bonds is 2. The lowest BCUT2D eigenvalue weighted by Gasteiger charge is -2.18. The predicted molar refractivity (Wildman–Crippen MR) is 62.7 cm³/mol. The van der Waals surface area contributed by atoms with Gasteiger partial charge in [-0.2, -0.15) is 0 Å². The van der Waals surface area contributed by atoms with Crippen LogP contribution >= 0.6 is 23.2 Å². The van der Waals surface area contributed by atoms with E-state index < -0.39 is 0 Å². The lowest BCUT2D eigenvalue weighted by atomic mass is 10.2. The van der Waals surface area contributed by atoms with Crippen LogP contribution in [0.25, 0.3) is 0 Å². The van der Waals surface area contributed by atoms with Crippen LogP contribution in [0.15, 0.2) is 18.2 Å². The van der Waals surface area contributed by atoms with Crippen LogP contribution in [0.5, 0.6) is 5.75 Å². The molecule has 4 heteroatoms. The van der Waals surface area contributed by atoms with Crippen molar-refractivity contribution >= 4 is 23.2 Å². The fourth-order valence-corrected chi connectivity index (χ4v) is 2.16. The van der Waals surface area contributed by atoms with Gasteiger partial charge in [-0.3, -0.25) is 0 Å². The standard InChI is InChI=1S/C11H13Cl2NO/c12-7-4-5-8(13)11(6-7)15-10-3-1-2-9(10)14/h4-6,9-10H,1-3,14H2. The highest BCUT2D eigenvalue weighted by atomic mass is 35.5. The maximum atomic E-state index is 6.00. The normalized spacial score (nSPS) is 25.5. The maximum absolute atomic E-state index is 6.00. The molecule has 2 nitrogen and oxygen atoms in total. The van der Waals surface area contributed by atoms with E-state index in [1.54, 1.807) is 18.2 Å². The summed E-state index contributed by atoms with van der Waals surface area (Å²) in [5.74, 6) is 0.631. The van der Waals surface area contributed by atoms with Gasteiger partial charge >= 0.3 is 0 Å². The van der Waals surface area contributed by atoms with Gasteiger partial charge in [-0.15, -0.1) is 0 Å². The quantitative estimate of drug-likeness (QED) is 0.869. The summed E-state index contributed by atoms with van der Waals surface area (Å²) in [5, 5.41) is 1.21. The Balaban J connectivity index is 2.12. The van der Waals surface area contributed by atoms with E-state index in [0.717, 1.165) is 19.3 Å². The number of ether oxygens (including phenoxy) is 1. The van der Waals surface area contributed by atoms with Gasteiger partial charge in [0.15, 0.2) is 0 Å². The van der Waals surface area contributed by atoms with Gasteiger partial charge < -0.3 is 10.5 Å². The summed E-state index contributed by atoms with van der Waals surface area (Å²) in [4.78, 5) is 0. The molecule has 0 aliphatic heterocycles. The fraction of sp³-hybridized carbons (Fsp3) is 0.455. The van der Waals surface area contributed by atoms with Crippen LogP contribution in [0.1, 0.15) is 19.3 Å². The lowest BCUT2D eigenvalue weighted by molar-refractivity contribution is 0.192. The highest BCUT2D eigenvalue weighted by molar-refractivity contribution is 6.34. The van der Waals surface area contributed by atoms with Crippen LogP contribution in [-0.4, -0.2) is 12.1 Å². The van der Waals surface area contributed by atoms with Crippen LogP contribution in [0.4, 0.5) is 0 Å². The SMILES string of the molecule is NC1CCCC1Oc1cc(Cl)ccc1Cl. The largest absolute Gasteiger partial charge is 0.487 e. The highest BCUT2D eigenvalue weighted by Crippen LogP contribution is 2.31. The van der Waals surface area contributed by atoms with Crippen molar-refractivity contribution < 1.29 is 4.74 Å². The Bertz CT molecular complexity index is 356. The molecule has 82 valence electrons. The maximum Gasteiger partial charge on any atom is 0.139 e. The van der Waals surface area contributed by atoms with Crippen molar-refractivity contribution in [3.05, 3.63) is 28.2 Å². The zero-order valence-corrected chi connectivity index (χ0v) is 9.76. The van der Waals surface area contributed by atoms with Gasteiger partial charge in [-0.25, -0.2) is 0 Å². The molecule has 1 aliphatic carbocycles. The molecule has 0 saturated heterocycles. The Morgan fingerprint density at radius 3 is 2.73 bits per heavy atom. The molecule has 2 rings (SSSR count). The third-order valence-corrected chi connectivity index (χ3v) is 3.22. The molecule has 0 bridgehead atoms. The van der Waals surface area contributed by atoms with E-state index in [9.17, 15) is 0 Å². The molecule has 2 atom stereocenters. The van der Waals surface area contributed by atoms with E-state index in [2.05, 4.69) is 0 Å². The van der Waals surface area contributed by atoms with Crippen molar-refractivity contribution in [2.24, 2.45) is 5.73 Å². The fourth-order valence-electron chi connectivity index (χ4n) is 1.83. The molecule has 0 heterocycles. The van der Waals surface area contributed by atoms with Crippen LogP contribution in [0.3, 0.4) is 0 Å². The molecule has 2 N–H and O–H groups in total. The molecule has 15 heavy (non-hydrogen) atoms. The van der Waals surface area contributed by atoms with Crippen LogP contribution in [0.2, 0.25) is 10.0 Å². The molecule has 1 aromatic carbocycles. The third kappa shape index (κ3) is 2.57. The first-order valence-corrected chi connectivity index (χ1v) is 5.79. The Hall–Kier alpha value is -0.440. The summed E-state index contributed by atoms with van der Waals surface area (Å²) < 4.78 is 5.76. The molecular weight excluding hydrogens is 233 g/mol. The van der Waals surface area contributed by atoms with Crippen LogP contribution < -0.4 is 10.5 Å². The molecular formula is C11H13Cl2NO. The van der Waals surface area contributed by atoms with E-state index in [1.165, 1.54) is 0 Å². The second-order valence-electron chi connectivity index (χ2n) is 3.83. The molecule has 1 fully saturated rings. The number of benzene rings is 1. The van der Waals surface area contributed by atoms with Crippen molar-refractivity contribution in [2.45, 2.75) is 31.4 Å². The summed E-state index contributed by atoms with van der Waals surface area (Å²) in [7, 11) is 0. The van der Waals surface area contributed by atoms with Gasteiger partial charge in [0, 0.05) is 17.1 Å². The Morgan fingerprint density at radius 1 is 1.27 bits per heavy atom. The van der Waals surface area contributed by atoms with Gasteiger partial charge in [0.1, 0.15) is 11.9 Å². The second-order valence-corrected chi connectivity index (χ2v) is 4.67. The zero-order chi connectivity index (χ0) is 10.8. The number of halogens is 2. The first kappa shape index (κ1) is 11.1. The van der Waals surface area contributed by atoms with Crippen LogP contribution in [0, 0.1) is 0 Å². The van der Waals surface area contributed by atoms with E-state index in [0.29, 0.717) is 15.8 Å². The molecule has 0 amide bonds. The smallest absolute Gasteiger partial charge is 0.139 e. The minimum Gasteiger partial charge on any atom is -0.487 e. The molecule has 0 aromatic heterocycles. The molecule has 1 saturated carbocycles. The average Bonchev–Trinajstić information content (AvgIpc) is 2.58. The minimum atomic E-state index is 0.0703. The van der Waals surface area contributed by atoms with Gasteiger partial charge in [-0.05, 0) is 31.4 Å². The number of hydrogen-bond acceptors (Lipinski definition) is 2. The predicted octanol–water partition coefficient (Wildman–Crippen LogP) is 3.25. The summed E-state index contributed by atoms with van der Waals surface area (Å²) in [6.45, 7) is 0. The summed E-state index contributed by atoms with van der Waals surface area (Å²) in [6.07, 6.45) is 3.19. The topological polar surface area (TPSA) is 35.2 Å². The Kier molecular flexibility index (Phi) is 3.39. The lowest BCUT2D eigenvalue weighted by Crippen LogP contribution is -2.33. The third-order valence-electron chi connectivity index (χ3n) is 2.68. The van der Waals surface area contributed by atoms with Crippen molar-refractivity contribution in [3.63, 3.8) is 0 Å². The molecule has 0 spiro atoms. The molecule has 0 radical (unpaired) electrons. The van der Waals surface area contributed by atoms with Crippen LogP contribution in [-0.2, 0) is 0 Å². The minimum absolute atomic E-state index is 0.0703. The van der Waals surface area contributed by atoms with Gasteiger partial charge in [0.05, 0.1) is 5.02 Å². The highest BCUT2D eigenvalue weighted by Gasteiger charge is 2.26. The van der Waals surface area contributed by atoms with Gasteiger partial charge in [-0.1, -0.05) is 23.2 Å². The summed E-state index contributed by atoms with van der Waals surface area (Å²) >= 11 is 11.9. The number of nitrogens with two attached hydrogens (primary N) is 1. The van der Waals surface area contributed by atoms with E-state index in [1.807, 2.05) is 0 Å². The number of hydrogen-bond donors (Lipinski definition) is 1. The summed E-state index contributed by atoms with van der Waals surface area (Å²) in [6, 6.07) is 5.32.